The highest BCUT2D eigenvalue weighted by Gasteiger charge is 2.02. The summed E-state index contributed by atoms with van der Waals surface area (Å²) in [5, 5.41) is 4.30. The van der Waals surface area contributed by atoms with Crippen LogP contribution in [0, 0.1) is 13.8 Å². The summed E-state index contributed by atoms with van der Waals surface area (Å²) in [6, 6.07) is 10.3. The van der Waals surface area contributed by atoms with Gasteiger partial charge in [0.2, 0.25) is 5.95 Å². The molecule has 0 amide bonds. The number of nitrogen functional groups attached to an aromatic ring is 1. The molecule has 0 fully saturated rings. The fourth-order valence-corrected chi connectivity index (χ4v) is 2.72. The Morgan fingerprint density at radius 1 is 1.19 bits per heavy atom. The normalized spacial score (nSPS) is 11.3. The molecule has 2 N–H and O–H groups in total. The molecule has 0 saturated carbocycles. The van der Waals surface area contributed by atoms with Crippen LogP contribution in [0.2, 0.25) is 0 Å². The molecule has 0 saturated heterocycles. The Balaban J connectivity index is 1.80. The summed E-state index contributed by atoms with van der Waals surface area (Å²) in [7, 11) is 0. The number of hydrogen-bond donors (Lipinski definition) is 1. The third-order valence-electron chi connectivity index (χ3n) is 2.99. The summed E-state index contributed by atoms with van der Waals surface area (Å²) >= 11 is 1.51. The lowest BCUT2D eigenvalue weighted by molar-refractivity contribution is 0.897. The summed E-state index contributed by atoms with van der Waals surface area (Å²) in [4.78, 5) is 5.27. The maximum atomic E-state index is 5.74. The lowest BCUT2D eigenvalue weighted by Crippen LogP contribution is -1.96. The first-order chi connectivity index (χ1) is 10.1. The number of anilines is 1. The Hall–Kier alpha value is -2.47. The molecule has 21 heavy (non-hydrogen) atoms. The SMILES string of the molecule is Cc1cc(-c2ccc(C=Nn3cc(C)nc3N)cc2)sn1. The van der Waals surface area contributed by atoms with Gasteiger partial charge in [-0.05, 0) is 42.6 Å². The highest BCUT2D eigenvalue weighted by atomic mass is 32.1. The summed E-state index contributed by atoms with van der Waals surface area (Å²) in [5.41, 5.74) is 9.80. The van der Waals surface area contributed by atoms with Crippen molar-refractivity contribution in [1.29, 1.82) is 0 Å². The average molecular weight is 297 g/mol. The van der Waals surface area contributed by atoms with E-state index < -0.39 is 0 Å². The maximum Gasteiger partial charge on any atom is 0.221 e. The average Bonchev–Trinajstić information content (AvgIpc) is 3.03. The van der Waals surface area contributed by atoms with Gasteiger partial charge in [-0.3, -0.25) is 0 Å². The predicted octanol–water partition coefficient (Wildman–Crippen LogP) is 3.09. The van der Waals surface area contributed by atoms with Gasteiger partial charge in [0.1, 0.15) is 0 Å². The topological polar surface area (TPSA) is 69.1 Å². The second-order valence-corrected chi connectivity index (χ2v) is 5.59. The summed E-state index contributed by atoms with van der Waals surface area (Å²) in [6.45, 7) is 3.88. The standard InChI is InChI=1S/C15H15N5S/c1-10-7-14(21-19-10)13-5-3-12(4-6-13)8-17-20-9-11(2)18-15(20)16/h3-9H,1-2H3,(H2,16,18). The molecule has 6 heteroatoms. The fourth-order valence-electron chi connectivity index (χ4n) is 1.96. The number of rotatable bonds is 3. The Morgan fingerprint density at radius 2 is 1.95 bits per heavy atom. The molecule has 0 spiro atoms. The molecule has 0 atom stereocenters. The smallest absolute Gasteiger partial charge is 0.221 e. The van der Waals surface area contributed by atoms with Crippen LogP contribution in [0.4, 0.5) is 5.95 Å². The second kappa shape index (κ2) is 5.49. The van der Waals surface area contributed by atoms with Crippen LogP contribution in [0.1, 0.15) is 17.0 Å². The number of hydrogen-bond acceptors (Lipinski definition) is 5. The Morgan fingerprint density at radius 3 is 2.52 bits per heavy atom. The number of nitrogens with two attached hydrogens (primary N) is 1. The van der Waals surface area contributed by atoms with Crippen LogP contribution in [-0.4, -0.2) is 20.2 Å². The molecule has 3 aromatic rings. The van der Waals surface area contributed by atoms with E-state index in [9.17, 15) is 0 Å². The third-order valence-corrected chi connectivity index (χ3v) is 3.92. The first-order valence-electron chi connectivity index (χ1n) is 6.51. The molecular formula is C15H15N5S. The van der Waals surface area contributed by atoms with E-state index in [0.717, 1.165) is 22.5 Å². The molecule has 0 aliphatic carbocycles. The first kappa shape index (κ1) is 13.5. The number of benzene rings is 1. The van der Waals surface area contributed by atoms with Gasteiger partial charge in [0, 0.05) is 0 Å². The van der Waals surface area contributed by atoms with E-state index >= 15 is 0 Å². The van der Waals surface area contributed by atoms with Crippen molar-refractivity contribution in [2.24, 2.45) is 5.10 Å². The van der Waals surface area contributed by atoms with Gasteiger partial charge >= 0.3 is 0 Å². The van der Waals surface area contributed by atoms with Crippen molar-refractivity contribution in [3.8, 4) is 10.4 Å². The van der Waals surface area contributed by atoms with E-state index in [2.05, 4.69) is 32.7 Å². The minimum atomic E-state index is 0.389. The van der Waals surface area contributed by atoms with Crippen molar-refractivity contribution in [2.45, 2.75) is 13.8 Å². The molecule has 3 rings (SSSR count). The van der Waals surface area contributed by atoms with Crippen molar-refractivity contribution in [3.05, 3.63) is 53.5 Å². The van der Waals surface area contributed by atoms with E-state index in [1.165, 1.54) is 16.4 Å². The molecule has 0 bridgehead atoms. The van der Waals surface area contributed by atoms with Crippen molar-refractivity contribution in [3.63, 3.8) is 0 Å². The molecule has 0 unspecified atom stereocenters. The molecule has 2 aromatic heterocycles. The molecule has 0 aliphatic rings. The fraction of sp³-hybridized carbons (Fsp3) is 0.133. The third kappa shape index (κ3) is 3.00. The highest BCUT2D eigenvalue weighted by molar-refractivity contribution is 7.09. The quantitative estimate of drug-likeness (QED) is 0.755. The van der Waals surface area contributed by atoms with E-state index in [1.54, 1.807) is 17.1 Å². The minimum absolute atomic E-state index is 0.389. The first-order valence-corrected chi connectivity index (χ1v) is 7.29. The van der Waals surface area contributed by atoms with Crippen molar-refractivity contribution in [2.75, 3.05) is 5.73 Å². The van der Waals surface area contributed by atoms with E-state index in [4.69, 9.17) is 5.73 Å². The minimum Gasteiger partial charge on any atom is -0.368 e. The van der Waals surface area contributed by atoms with Gasteiger partial charge in [-0.2, -0.15) is 9.47 Å². The predicted molar refractivity (Wildman–Crippen MR) is 86.7 cm³/mol. The molecule has 5 nitrogen and oxygen atoms in total. The molecule has 0 radical (unpaired) electrons. The zero-order valence-corrected chi connectivity index (χ0v) is 12.6. The summed E-state index contributed by atoms with van der Waals surface area (Å²) < 4.78 is 5.86. The lowest BCUT2D eigenvalue weighted by atomic mass is 10.1. The maximum absolute atomic E-state index is 5.74. The molecule has 1 aromatic carbocycles. The highest BCUT2D eigenvalue weighted by Crippen LogP contribution is 2.24. The largest absolute Gasteiger partial charge is 0.368 e. The van der Waals surface area contributed by atoms with Gasteiger partial charge < -0.3 is 5.73 Å². The van der Waals surface area contributed by atoms with Gasteiger partial charge in [0.05, 0.1) is 28.7 Å². The van der Waals surface area contributed by atoms with Crippen LogP contribution in [0.25, 0.3) is 10.4 Å². The van der Waals surface area contributed by atoms with Crippen molar-refractivity contribution < 1.29 is 0 Å². The van der Waals surface area contributed by atoms with Gasteiger partial charge in [0.15, 0.2) is 0 Å². The van der Waals surface area contributed by atoms with E-state index in [1.807, 2.05) is 26.0 Å². The Kier molecular flexibility index (Phi) is 3.53. The van der Waals surface area contributed by atoms with E-state index in [-0.39, 0.29) is 0 Å². The molecule has 2 heterocycles. The van der Waals surface area contributed by atoms with Gasteiger partial charge in [-0.15, -0.1) is 0 Å². The Bertz CT molecular complexity index is 783. The summed E-state index contributed by atoms with van der Waals surface area (Å²) in [5.74, 6) is 0.389. The van der Waals surface area contributed by atoms with Crippen LogP contribution in [-0.2, 0) is 0 Å². The number of nitrogens with zero attached hydrogens (tertiary/aromatic N) is 4. The van der Waals surface area contributed by atoms with Crippen LogP contribution in [0.5, 0.6) is 0 Å². The van der Waals surface area contributed by atoms with Gasteiger partial charge in [-0.1, -0.05) is 24.3 Å². The second-order valence-electron chi connectivity index (χ2n) is 4.78. The molecular weight excluding hydrogens is 282 g/mol. The van der Waals surface area contributed by atoms with Crippen LogP contribution in [0.15, 0.2) is 41.6 Å². The van der Waals surface area contributed by atoms with Gasteiger partial charge in [0.25, 0.3) is 0 Å². The van der Waals surface area contributed by atoms with Crippen LogP contribution < -0.4 is 5.73 Å². The van der Waals surface area contributed by atoms with Crippen LogP contribution in [0.3, 0.4) is 0 Å². The van der Waals surface area contributed by atoms with Crippen molar-refractivity contribution >= 4 is 23.7 Å². The summed E-state index contributed by atoms with van der Waals surface area (Å²) in [6.07, 6.45) is 3.56. The number of aryl methyl sites for hydroxylation is 2. The number of imidazole rings is 1. The Labute approximate surface area is 126 Å². The zero-order valence-electron chi connectivity index (χ0n) is 11.8. The zero-order chi connectivity index (χ0) is 14.8. The monoisotopic (exact) mass is 297 g/mol. The molecule has 106 valence electrons. The lowest BCUT2D eigenvalue weighted by Gasteiger charge is -1.98. The van der Waals surface area contributed by atoms with E-state index in [0.29, 0.717) is 5.95 Å². The van der Waals surface area contributed by atoms with Crippen molar-refractivity contribution in [1.82, 2.24) is 14.0 Å². The van der Waals surface area contributed by atoms with Crippen LogP contribution >= 0.6 is 11.5 Å². The molecule has 0 aliphatic heterocycles. The number of aromatic nitrogens is 3. The van der Waals surface area contributed by atoms with Gasteiger partial charge in [-0.25, -0.2) is 9.66 Å².